The molecular formula is C15H11N3O4S. The molecule has 0 unspecified atom stereocenters. The molecule has 0 saturated carbocycles. The molecule has 23 heavy (non-hydrogen) atoms. The molecule has 1 amide bonds. The van der Waals surface area contributed by atoms with Crippen LogP contribution in [0.3, 0.4) is 0 Å². The normalized spacial score (nSPS) is 13.0. The smallest absolute Gasteiger partial charge is 0.257 e. The second-order valence-corrected chi connectivity index (χ2v) is 5.91. The first-order valence-electron chi connectivity index (χ1n) is 6.89. The number of amides is 1. The highest BCUT2D eigenvalue weighted by Crippen LogP contribution is 2.37. The Morgan fingerprint density at radius 1 is 1.22 bits per heavy atom. The molecule has 0 atom stereocenters. The van der Waals surface area contributed by atoms with Gasteiger partial charge in [-0.25, -0.2) is 4.98 Å². The summed E-state index contributed by atoms with van der Waals surface area (Å²) in [5, 5.41) is 14.2. The van der Waals surface area contributed by atoms with E-state index in [-0.39, 0.29) is 5.91 Å². The Hall–Kier alpha value is -2.87. The van der Waals surface area contributed by atoms with Crippen molar-refractivity contribution in [2.75, 3.05) is 18.5 Å². The third-order valence-corrected chi connectivity index (χ3v) is 4.27. The Balaban J connectivity index is 1.61. The highest BCUT2D eigenvalue weighted by atomic mass is 32.1. The summed E-state index contributed by atoms with van der Waals surface area (Å²) in [6.07, 6.45) is 2.55. The van der Waals surface area contributed by atoms with E-state index in [9.17, 15) is 10.0 Å². The highest BCUT2D eigenvalue weighted by Gasteiger charge is 2.16. The van der Waals surface area contributed by atoms with Gasteiger partial charge in [0, 0.05) is 24.3 Å². The van der Waals surface area contributed by atoms with Gasteiger partial charge < -0.3 is 14.7 Å². The van der Waals surface area contributed by atoms with E-state index in [1.807, 2.05) is 6.07 Å². The van der Waals surface area contributed by atoms with Crippen LogP contribution in [-0.4, -0.2) is 24.1 Å². The first-order valence-corrected chi connectivity index (χ1v) is 7.71. The predicted molar refractivity (Wildman–Crippen MR) is 84.0 cm³/mol. The van der Waals surface area contributed by atoms with Crippen LogP contribution >= 0.6 is 11.3 Å². The Labute approximate surface area is 134 Å². The second kappa shape index (κ2) is 5.40. The van der Waals surface area contributed by atoms with Gasteiger partial charge in [0.2, 0.25) is 0 Å². The highest BCUT2D eigenvalue weighted by molar-refractivity contribution is 7.22. The fourth-order valence-electron chi connectivity index (χ4n) is 2.25. The molecule has 0 aliphatic carbocycles. The third kappa shape index (κ3) is 2.64. The fraction of sp³-hybridized carbons (Fsp3) is 0.133. The summed E-state index contributed by atoms with van der Waals surface area (Å²) in [7, 11) is 0. The monoisotopic (exact) mass is 329 g/mol. The molecule has 8 heteroatoms. The van der Waals surface area contributed by atoms with Crippen LogP contribution < -0.4 is 19.5 Å². The number of thiazole rings is 1. The van der Waals surface area contributed by atoms with Gasteiger partial charge in [0.05, 0.1) is 15.8 Å². The van der Waals surface area contributed by atoms with E-state index in [2.05, 4.69) is 10.3 Å². The quantitative estimate of drug-likeness (QED) is 0.573. The number of ether oxygens (including phenoxy) is 2. The van der Waals surface area contributed by atoms with Gasteiger partial charge in [0.15, 0.2) is 29.0 Å². The zero-order valence-electron chi connectivity index (χ0n) is 11.8. The zero-order valence-corrected chi connectivity index (χ0v) is 12.6. The van der Waals surface area contributed by atoms with E-state index in [0.717, 1.165) is 10.2 Å². The first kappa shape index (κ1) is 13.8. The third-order valence-electron chi connectivity index (χ3n) is 3.34. The molecule has 0 spiro atoms. The molecule has 0 radical (unpaired) electrons. The van der Waals surface area contributed by atoms with Gasteiger partial charge in [0.25, 0.3) is 5.91 Å². The van der Waals surface area contributed by atoms with Crippen molar-refractivity contribution in [1.29, 1.82) is 0 Å². The lowest BCUT2D eigenvalue weighted by Gasteiger charge is -2.17. The van der Waals surface area contributed by atoms with E-state index < -0.39 is 0 Å². The van der Waals surface area contributed by atoms with E-state index >= 15 is 0 Å². The van der Waals surface area contributed by atoms with Crippen LogP contribution in [0, 0.1) is 5.21 Å². The van der Waals surface area contributed by atoms with Gasteiger partial charge >= 0.3 is 0 Å². The lowest BCUT2D eigenvalue weighted by atomic mass is 10.2. The predicted octanol–water partition coefficient (Wildman–Crippen LogP) is 1.95. The van der Waals surface area contributed by atoms with Crippen molar-refractivity contribution in [2.24, 2.45) is 0 Å². The molecule has 0 saturated heterocycles. The molecule has 1 N–H and O–H groups in total. The lowest BCUT2D eigenvalue weighted by molar-refractivity contribution is -0.605. The minimum absolute atomic E-state index is 0.318. The number of benzene rings is 1. The number of carbonyl (C=O) groups excluding carboxylic acids is 1. The van der Waals surface area contributed by atoms with Crippen molar-refractivity contribution < 1.29 is 19.0 Å². The number of aromatic nitrogens is 2. The number of fused-ring (bicyclic) bond motifs is 2. The maximum absolute atomic E-state index is 12.2. The standard InChI is InChI=1S/C15H11N3O4S/c19-14(9-1-3-18(20)4-2-9)17-15-16-10-7-11-12(8-13(10)23-15)22-6-5-21-11/h1-4,7-8H,5-6H2,(H,16,17,19). The Bertz CT molecular complexity index is 849. The van der Waals surface area contributed by atoms with Crippen molar-refractivity contribution in [2.45, 2.75) is 0 Å². The van der Waals surface area contributed by atoms with Gasteiger partial charge in [-0.2, -0.15) is 4.73 Å². The molecule has 1 aliphatic rings. The van der Waals surface area contributed by atoms with Crippen LogP contribution in [0.4, 0.5) is 5.13 Å². The molecular weight excluding hydrogens is 318 g/mol. The number of anilines is 1. The van der Waals surface area contributed by atoms with Crippen LogP contribution in [0.1, 0.15) is 10.4 Å². The Kier molecular flexibility index (Phi) is 3.23. The number of nitrogens with one attached hydrogen (secondary N) is 1. The molecule has 1 aromatic carbocycles. The summed E-state index contributed by atoms with van der Waals surface area (Å²) >= 11 is 1.35. The molecule has 7 nitrogen and oxygen atoms in total. The van der Waals surface area contributed by atoms with Crippen molar-refractivity contribution in [3.05, 3.63) is 47.4 Å². The summed E-state index contributed by atoms with van der Waals surface area (Å²) in [6, 6.07) is 6.57. The van der Waals surface area contributed by atoms with E-state index in [0.29, 0.717) is 40.1 Å². The van der Waals surface area contributed by atoms with Gasteiger partial charge in [0.1, 0.15) is 13.2 Å². The molecule has 116 valence electrons. The fourth-order valence-corrected chi connectivity index (χ4v) is 3.12. The largest absolute Gasteiger partial charge is 0.619 e. The number of hydrogen-bond donors (Lipinski definition) is 1. The zero-order chi connectivity index (χ0) is 15.8. The molecule has 0 bridgehead atoms. The topological polar surface area (TPSA) is 87.4 Å². The summed E-state index contributed by atoms with van der Waals surface area (Å²) in [4.78, 5) is 16.5. The molecule has 1 aliphatic heterocycles. The number of carbonyl (C=O) groups is 1. The minimum Gasteiger partial charge on any atom is -0.619 e. The van der Waals surface area contributed by atoms with E-state index in [1.165, 1.54) is 35.9 Å². The minimum atomic E-state index is -0.318. The van der Waals surface area contributed by atoms with Crippen molar-refractivity contribution in [3.8, 4) is 11.5 Å². The van der Waals surface area contributed by atoms with E-state index in [1.54, 1.807) is 6.07 Å². The number of nitrogens with zero attached hydrogens (tertiary/aromatic N) is 2. The Morgan fingerprint density at radius 2 is 1.91 bits per heavy atom. The van der Waals surface area contributed by atoms with Crippen molar-refractivity contribution in [1.82, 2.24) is 4.98 Å². The average Bonchev–Trinajstić information content (AvgIpc) is 2.94. The van der Waals surface area contributed by atoms with Gasteiger partial charge in [-0.15, -0.1) is 0 Å². The van der Waals surface area contributed by atoms with Crippen LogP contribution in [0.15, 0.2) is 36.7 Å². The van der Waals surface area contributed by atoms with Crippen LogP contribution in [0.5, 0.6) is 11.5 Å². The molecule has 3 aromatic rings. The summed E-state index contributed by atoms with van der Waals surface area (Å²) in [5.41, 5.74) is 1.13. The van der Waals surface area contributed by atoms with Crippen LogP contribution in [0.25, 0.3) is 10.2 Å². The number of hydrogen-bond acceptors (Lipinski definition) is 6. The lowest BCUT2D eigenvalue weighted by Crippen LogP contribution is -2.25. The maximum Gasteiger partial charge on any atom is 0.257 e. The maximum atomic E-state index is 12.2. The van der Waals surface area contributed by atoms with Crippen LogP contribution in [-0.2, 0) is 0 Å². The molecule has 4 rings (SSSR count). The molecule has 0 fully saturated rings. The van der Waals surface area contributed by atoms with E-state index in [4.69, 9.17) is 9.47 Å². The summed E-state index contributed by atoms with van der Waals surface area (Å²) < 4.78 is 12.6. The van der Waals surface area contributed by atoms with Crippen molar-refractivity contribution >= 4 is 32.6 Å². The van der Waals surface area contributed by atoms with Crippen LogP contribution in [0.2, 0.25) is 0 Å². The van der Waals surface area contributed by atoms with Gasteiger partial charge in [-0.1, -0.05) is 11.3 Å². The SMILES string of the molecule is O=C(Nc1nc2cc3c(cc2s1)OCCO3)c1cc[n+]([O-])cc1. The first-order chi connectivity index (χ1) is 11.2. The molecule has 2 aromatic heterocycles. The second-order valence-electron chi connectivity index (χ2n) is 4.88. The molecule has 3 heterocycles. The summed E-state index contributed by atoms with van der Waals surface area (Å²) in [5.74, 6) is 1.03. The number of pyridine rings is 1. The number of rotatable bonds is 2. The average molecular weight is 329 g/mol. The Morgan fingerprint density at radius 3 is 2.65 bits per heavy atom. The summed E-state index contributed by atoms with van der Waals surface area (Å²) in [6.45, 7) is 1.04. The van der Waals surface area contributed by atoms with Gasteiger partial charge in [-0.3, -0.25) is 10.1 Å². The van der Waals surface area contributed by atoms with Gasteiger partial charge in [-0.05, 0) is 0 Å². The van der Waals surface area contributed by atoms with Crippen molar-refractivity contribution in [3.63, 3.8) is 0 Å².